The second kappa shape index (κ2) is 7.81. The number of nitrogens with one attached hydrogen (secondary N) is 1. The summed E-state index contributed by atoms with van der Waals surface area (Å²) in [4.78, 5) is 0. The summed E-state index contributed by atoms with van der Waals surface area (Å²) in [6.45, 7) is 5.46. The van der Waals surface area contributed by atoms with Gasteiger partial charge in [-0.05, 0) is 35.4 Å². The van der Waals surface area contributed by atoms with E-state index < -0.39 is 5.82 Å². The summed E-state index contributed by atoms with van der Waals surface area (Å²) in [6.07, 6.45) is 1.71. The molecule has 1 N–H and O–H groups in total. The Balaban J connectivity index is 1.82. The first kappa shape index (κ1) is 15.5. The average Bonchev–Trinajstić information content (AvgIpc) is 2.50. The van der Waals surface area contributed by atoms with Gasteiger partial charge >= 0.3 is 0 Å². The normalized spacial score (nSPS) is 10.4. The van der Waals surface area contributed by atoms with E-state index in [2.05, 4.69) is 11.9 Å². The number of hydrogen-bond acceptors (Lipinski definition) is 2. The Morgan fingerprint density at radius 1 is 1.10 bits per heavy atom. The molecular weight excluding hydrogens is 289 g/mol. The summed E-state index contributed by atoms with van der Waals surface area (Å²) >= 11 is 5.75. The van der Waals surface area contributed by atoms with Crippen LogP contribution in [0.5, 0.6) is 5.75 Å². The summed E-state index contributed by atoms with van der Waals surface area (Å²) in [7, 11) is 0. The molecule has 0 saturated carbocycles. The maximum atomic E-state index is 13.0. The van der Waals surface area contributed by atoms with E-state index in [-0.39, 0.29) is 5.02 Å². The van der Waals surface area contributed by atoms with Crippen LogP contribution in [0.3, 0.4) is 0 Å². The van der Waals surface area contributed by atoms with Gasteiger partial charge in [0, 0.05) is 13.1 Å². The van der Waals surface area contributed by atoms with Crippen molar-refractivity contribution in [2.75, 3.05) is 6.61 Å². The lowest BCUT2D eigenvalue weighted by Crippen LogP contribution is -2.12. The minimum absolute atomic E-state index is 0.151. The van der Waals surface area contributed by atoms with Crippen molar-refractivity contribution in [1.29, 1.82) is 0 Å². The Labute approximate surface area is 129 Å². The van der Waals surface area contributed by atoms with Crippen LogP contribution in [0, 0.1) is 5.82 Å². The highest BCUT2D eigenvalue weighted by molar-refractivity contribution is 6.30. The topological polar surface area (TPSA) is 21.3 Å². The molecule has 0 spiro atoms. The molecule has 0 atom stereocenters. The molecule has 21 heavy (non-hydrogen) atoms. The van der Waals surface area contributed by atoms with E-state index in [1.165, 1.54) is 6.07 Å². The van der Waals surface area contributed by atoms with Crippen LogP contribution < -0.4 is 10.1 Å². The van der Waals surface area contributed by atoms with Crippen LogP contribution in [-0.4, -0.2) is 6.61 Å². The zero-order chi connectivity index (χ0) is 15.1. The van der Waals surface area contributed by atoms with Crippen LogP contribution in [0.25, 0.3) is 0 Å². The van der Waals surface area contributed by atoms with Gasteiger partial charge in [0.2, 0.25) is 0 Å². The van der Waals surface area contributed by atoms with Crippen LogP contribution in [-0.2, 0) is 13.1 Å². The fourth-order valence-corrected chi connectivity index (χ4v) is 2.06. The van der Waals surface area contributed by atoms with Crippen molar-refractivity contribution in [1.82, 2.24) is 5.32 Å². The van der Waals surface area contributed by atoms with Gasteiger partial charge in [-0.2, -0.15) is 0 Å². The van der Waals surface area contributed by atoms with E-state index >= 15 is 0 Å². The van der Waals surface area contributed by atoms with E-state index in [1.54, 1.807) is 18.2 Å². The van der Waals surface area contributed by atoms with Gasteiger partial charge in [-0.1, -0.05) is 42.5 Å². The summed E-state index contributed by atoms with van der Waals surface area (Å²) in [6, 6.07) is 12.6. The van der Waals surface area contributed by atoms with E-state index in [9.17, 15) is 4.39 Å². The van der Waals surface area contributed by atoms with Crippen LogP contribution in [0.1, 0.15) is 11.1 Å². The van der Waals surface area contributed by atoms with E-state index in [1.807, 2.05) is 24.3 Å². The molecule has 2 aromatic rings. The van der Waals surface area contributed by atoms with Crippen molar-refractivity contribution in [3.05, 3.63) is 77.1 Å². The predicted molar refractivity (Wildman–Crippen MR) is 84.1 cm³/mol. The molecule has 0 heterocycles. The van der Waals surface area contributed by atoms with Gasteiger partial charge in [0.1, 0.15) is 18.2 Å². The molecule has 0 saturated heterocycles. The van der Waals surface area contributed by atoms with Crippen molar-refractivity contribution < 1.29 is 9.13 Å². The number of rotatable bonds is 7. The van der Waals surface area contributed by atoms with Gasteiger partial charge in [0.05, 0.1) is 5.02 Å². The minimum atomic E-state index is -0.393. The van der Waals surface area contributed by atoms with E-state index in [4.69, 9.17) is 16.3 Å². The number of halogens is 2. The highest BCUT2D eigenvalue weighted by Crippen LogP contribution is 2.16. The Morgan fingerprint density at radius 2 is 1.76 bits per heavy atom. The lowest BCUT2D eigenvalue weighted by Gasteiger charge is -2.07. The van der Waals surface area contributed by atoms with E-state index in [0.717, 1.165) is 23.4 Å². The molecule has 0 bridgehead atoms. The lowest BCUT2D eigenvalue weighted by atomic mass is 10.2. The van der Waals surface area contributed by atoms with Crippen molar-refractivity contribution in [3.8, 4) is 5.75 Å². The number of ether oxygens (including phenoxy) is 1. The highest BCUT2D eigenvalue weighted by Gasteiger charge is 2.01. The predicted octanol–water partition coefficient (Wildman–Crippen LogP) is 4.33. The molecule has 4 heteroatoms. The summed E-state index contributed by atoms with van der Waals surface area (Å²) in [5.41, 5.74) is 2.10. The summed E-state index contributed by atoms with van der Waals surface area (Å²) in [5.74, 6) is 0.430. The van der Waals surface area contributed by atoms with Gasteiger partial charge in [-0.15, -0.1) is 0 Å². The smallest absolute Gasteiger partial charge is 0.141 e. The standard InChI is InChI=1S/C17H17ClFNO/c1-2-9-21-15-6-3-13(4-7-15)11-20-12-14-5-8-17(19)16(18)10-14/h2-8,10,20H,1,9,11-12H2. The lowest BCUT2D eigenvalue weighted by molar-refractivity contribution is 0.363. The zero-order valence-electron chi connectivity index (χ0n) is 11.6. The largest absolute Gasteiger partial charge is 0.490 e. The molecule has 0 aliphatic rings. The molecule has 2 aromatic carbocycles. The van der Waals surface area contributed by atoms with Crippen molar-refractivity contribution in [2.24, 2.45) is 0 Å². The average molecular weight is 306 g/mol. The molecule has 0 radical (unpaired) electrons. The maximum Gasteiger partial charge on any atom is 0.141 e. The Kier molecular flexibility index (Phi) is 5.78. The Bertz CT molecular complexity index is 598. The van der Waals surface area contributed by atoms with Crippen LogP contribution >= 0.6 is 11.6 Å². The molecule has 0 amide bonds. The molecule has 110 valence electrons. The fraction of sp³-hybridized carbons (Fsp3) is 0.176. The first-order chi connectivity index (χ1) is 10.2. The maximum absolute atomic E-state index is 13.0. The second-order valence-electron chi connectivity index (χ2n) is 4.60. The number of benzene rings is 2. The third-order valence-electron chi connectivity index (χ3n) is 2.93. The Morgan fingerprint density at radius 3 is 2.43 bits per heavy atom. The molecule has 0 fully saturated rings. The SMILES string of the molecule is C=CCOc1ccc(CNCc2ccc(F)c(Cl)c2)cc1. The first-order valence-corrected chi connectivity index (χ1v) is 7.04. The van der Waals surface area contributed by atoms with Crippen LogP contribution in [0.2, 0.25) is 5.02 Å². The summed E-state index contributed by atoms with van der Waals surface area (Å²) in [5, 5.41) is 3.44. The van der Waals surface area contributed by atoms with Crippen molar-refractivity contribution in [3.63, 3.8) is 0 Å². The quantitative estimate of drug-likeness (QED) is 0.769. The highest BCUT2D eigenvalue weighted by atomic mass is 35.5. The zero-order valence-corrected chi connectivity index (χ0v) is 12.4. The van der Waals surface area contributed by atoms with Gasteiger partial charge < -0.3 is 10.1 Å². The molecule has 0 aliphatic heterocycles. The fourth-order valence-electron chi connectivity index (χ4n) is 1.86. The first-order valence-electron chi connectivity index (χ1n) is 6.66. The molecule has 0 unspecified atom stereocenters. The number of hydrogen-bond donors (Lipinski definition) is 1. The van der Waals surface area contributed by atoms with Gasteiger partial charge in [0.25, 0.3) is 0 Å². The van der Waals surface area contributed by atoms with Crippen molar-refractivity contribution >= 4 is 11.6 Å². The molecule has 2 nitrogen and oxygen atoms in total. The van der Waals surface area contributed by atoms with Gasteiger partial charge in [-0.3, -0.25) is 0 Å². The van der Waals surface area contributed by atoms with Crippen LogP contribution in [0.4, 0.5) is 4.39 Å². The van der Waals surface area contributed by atoms with Crippen LogP contribution in [0.15, 0.2) is 55.1 Å². The third-order valence-corrected chi connectivity index (χ3v) is 3.22. The monoisotopic (exact) mass is 305 g/mol. The van der Waals surface area contributed by atoms with E-state index in [0.29, 0.717) is 13.2 Å². The molecule has 0 aromatic heterocycles. The minimum Gasteiger partial charge on any atom is -0.490 e. The molecular formula is C17H17ClFNO. The van der Waals surface area contributed by atoms with Gasteiger partial charge in [0.15, 0.2) is 0 Å². The molecule has 2 rings (SSSR count). The van der Waals surface area contributed by atoms with Gasteiger partial charge in [-0.25, -0.2) is 4.39 Å². The van der Waals surface area contributed by atoms with Crippen molar-refractivity contribution in [2.45, 2.75) is 13.1 Å². The molecule has 0 aliphatic carbocycles. The second-order valence-corrected chi connectivity index (χ2v) is 5.00. The summed E-state index contributed by atoms with van der Waals surface area (Å²) < 4.78 is 18.5. The third kappa shape index (κ3) is 4.88. The Hall–Kier alpha value is -1.84.